The van der Waals surface area contributed by atoms with E-state index in [1.165, 1.54) is 4.90 Å². The molecule has 0 aromatic heterocycles. The molecule has 1 saturated heterocycles. The van der Waals surface area contributed by atoms with Crippen LogP contribution in [0.3, 0.4) is 0 Å². The zero-order chi connectivity index (χ0) is 31.4. The second-order valence-electron chi connectivity index (χ2n) is 8.57. The van der Waals surface area contributed by atoms with Crippen molar-refractivity contribution in [3.05, 3.63) is 35.9 Å². The first-order valence-corrected chi connectivity index (χ1v) is 10.5. The standard InChI is InChI=1S/C20H15F17N2O/c21-13(22,12(40)39-8-6-38(7-9-39)10-11-4-2-1-3-5-11)14(23,24)15(25,26)16(27,28)17(29,30)18(31,32)19(33,34)20(35,36)37/h1-5H,6-10H2. The number of carbonyl (C=O) groups is 1. The number of carbonyl (C=O) groups excluding carboxylic acids is 1. The number of rotatable bonds is 9. The minimum Gasteiger partial charge on any atom is -0.335 e. The molecule has 0 saturated carbocycles. The molecule has 0 N–H and O–H groups in total. The van der Waals surface area contributed by atoms with Gasteiger partial charge in [-0.25, -0.2) is 0 Å². The van der Waals surface area contributed by atoms with Gasteiger partial charge in [-0.15, -0.1) is 0 Å². The van der Waals surface area contributed by atoms with Crippen LogP contribution in [0.25, 0.3) is 0 Å². The van der Waals surface area contributed by atoms with Crippen molar-refractivity contribution in [2.24, 2.45) is 0 Å². The Balaban J connectivity index is 2.34. The Kier molecular flexibility index (Phi) is 8.48. The number of piperazine rings is 1. The Morgan fingerprint density at radius 3 is 1.32 bits per heavy atom. The molecule has 2 rings (SSSR count). The van der Waals surface area contributed by atoms with Gasteiger partial charge in [0.05, 0.1) is 0 Å². The van der Waals surface area contributed by atoms with E-state index in [2.05, 4.69) is 0 Å². The summed E-state index contributed by atoms with van der Waals surface area (Å²) in [5.41, 5.74) is 0.634. The van der Waals surface area contributed by atoms with Gasteiger partial charge in [0.1, 0.15) is 0 Å². The van der Waals surface area contributed by atoms with E-state index >= 15 is 0 Å². The van der Waals surface area contributed by atoms with E-state index < -0.39 is 79.7 Å². The highest BCUT2D eigenvalue weighted by Gasteiger charge is 2.95. The maximum atomic E-state index is 14.2. The molecule has 1 aromatic carbocycles. The Labute approximate surface area is 212 Å². The largest absolute Gasteiger partial charge is 0.460 e. The molecule has 1 aliphatic heterocycles. The first-order valence-electron chi connectivity index (χ1n) is 10.5. The van der Waals surface area contributed by atoms with Gasteiger partial charge in [-0.05, 0) is 5.56 Å². The first kappa shape index (κ1) is 33.7. The van der Waals surface area contributed by atoms with Gasteiger partial charge in [0.15, 0.2) is 0 Å². The Morgan fingerprint density at radius 2 is 0.925 bits per heavy atom. The lowest BCUT2D eigenvalue weighted by atomic mass is 9.88. The van der Waals surface area contributed by atoms with Crippen LogP contribution in [-0.2, 0) is 11.3 Å². The van der Waals surface area contributed by atoms with Crippen LogP contribution >= 0.6 is 0 Å². The summed E-state index contributed by atoms with van der Waals surface area (Å²) in [4.78, 5) is 13.1. The summed E-state index contributed by atoms with van der Waals surface area (Å²) in [6.45, 7) is -2.57. The highest BCUT2D eigenvalue weighted by atomic mass is 19.4. The predicted octanol–water partition coefficient (Wildman–Crippen LogP) is 6.34. The minimum atomic E-state index is -8.73. The highest BCUT2D eigenvalue weighted by Crippen LogP contribution is 2.64. The van der Waals surface area contributed by atoms with Crippen LogP contribution in [0.5, 0.6) is 0 Å². The van der Waals surface area contributed by atoms with Crippen LogP contribution in [-0.4, -0.2) is 89.5 Å². The number of hydrogen-bond acceptors (Lipinski definition) is 2. The van der Waals surface area contributed by atoms with Crippen LogP contribution < -0.4 is 0 Å². The third-order valence-electron chi connectivity index (χ3n) is 5.90. The highest BCUT2D eigenvalue weighted by molar-refractivity contribution is 5.85. The number of hydrogen-bond donors (Lipinski definition) is 0. The molecule has 1 fully saturated rings. The molecule has 20 heteroatoms. The fourth-order valence-electron chi connectivity index (χ4n) is 3.45. The quantitative estimate of drug-likeness (QED) is 0.301. The first-order chi connectivity index (χ1) is 17.7. The molecule has 0 unspecified atom stereocenters. The Hall–Kier alpha value is -2.54. The Morgan fingerprint density at radius 1 is 0.550 bits per heavy atom. The average molecular weight is 622 g/mol. The van der Waals surface area contributed by atoms with E-state index in [9.17, 15) is 79.4 Å². The molecule has 1 aromatic rings. The number of benzene rings is 1. The van der Waals surface area contributed by atoms with Crippen molar-refractivity contribution in [3.63, 3.8) is 0 Å². The zero-order valence-electron chi connectivity index (χ0n) is 19.2. The van der Waals surface area contributed by atoms with E-state index in [0.717, 1.165) is 0 Å². The SMILES string of the molecule is O=C(N1CCN(Cc2ccccc2)CC1)C(F)(F)C(F)(F)C(F)(F)C(F)(F)C(F)(F)C(F)(F)C(F)(F)C(F)(F)F. The van der Waals surface area contributed by atoms with Gasteiger partial charge < -0.3 is 4.90 Å². The van der Waals surface area contributed by atoms with Crippen molar-refractivity contribution < 1.29 is 79.4 Å². The summed E-state index contributed by atoms with van der Waals surface area (Å²) in [6.07, 6.45) is -7.82. The lowest BCUT2D eigenvalue weighted by molar-refractivity contribution is -0.459. The van der Waals surface area contributed by atoms with Crippen molar-refractivity contribution in [2.75, 3.05) is 26.2 Å². The second-order valence-corrected chi connectivity index (χ2v) is 8.57. The summed E-state index contributed by atoms with van der Waals surface area (Å²) in [5.74, 6) is -61.2. The fraction of sp³-hybridized carbons (Fsp3) is 0.650. The molecule has 1 aliphatic rings. The van der Waals surface area contributed by atoms with Gasteiger partial charge in [0.25, 0.3) is 5.91 Å². The topological polar surface area (TPSA) is 23.6 Å². The molecule has 0 aliphatic carbocycles. The maximum Gasteiger partial charge on any atom is 0.460 e. The number of halogens is 17. The summed E-state index contributed by atoms with van der Waals surface area (Å²) in [7, 11) is 0. The summed E-state index contributed by atoms with van der Waals surface area (Å²) < 4.78 is 228. The van der Waals surface area contributed by atoms with Crippen molar-refractivity contribution in [3.8, 4) is 0 Å². The molecule has 0 atom stereocenters. The third-order valence-corrected chi connectivity index (χ3v) is 5.90. The fourth-order valence-corrected chi connectivity index (χ4v) is 3.45. The normalized spacial score (nSPS) is 17.8. The van der Waals surface area contributed by atoms with Crippen molar-refractivity contribution in [2.45, 2.75) is 54.2 Å². The van der Waals surface area contributed by atoms with Gasteiger partial charge in [-0.2, -0.15) is 74.6 Å². The van der Waals surface area contributed by atoms with Crippen LogP contribution in [0, 0.1) is 0 Å². The summed E-state index contributed by atoms with van der Waals surface area (Å²) >= 11 is 0. The second kappa shape index (κ2) is 10.1. The average Bonchev–Trinajstić information content (AvgIpc) is 2.83. The molecule has 1 heterocycles. The molecule has 230 valence electrons. The summed E-state index contributed by atoms with van der Waals surface area (Å²) in [5, 5.41) is 0. The van der Waals surface area contributed by atoms with E-state index in [-0.39, 0.29) is 11.4 Å². The summed E-state index contributed by atoms with van der Waals surface area (Å²) in [6, 6.07) is 8.01. The monoisotopic (exact) mass is 622 g/mol. The lowest BCUT2D eigenvalue weighted by Gasteiger charge is -2.43. The van der Waals surface area contributed by atoms with Crippen LogP contribution in [0.1, 0.15) is 5.56 Å². The smallest absolute Gasteiger partial charge is 0.335 e. The van der Waals surface area contributed by atoms with Crippen molar-refractivity contribution >= 4 is 5.91 Å². The lowest BCUT2D eigenvalue weighted by Crippen LogP contribution is -2.75. The van der Waals surface area contributed by atoms with Crippen LogP contribution in [0.4, 0.5) is 74.6 Å². The molecular weight excluding hydrogens is 607 g/mol. The van der Waals surface area contributed by atoms with Gasteiger partial charge in [0, 0.05) is 32.7 Å². The van der Waals surface area contributed by atoms with Gasteiger partial charge in [-0.1, -0.05) is 30.3 Å². The molecule has 3 nitrogen and oxygen atoms in total. The third kappa shape index (κ3) is 4.93. The van der Waals surface area contributed by atoms with Crippen molar-refractivity contribution in [1.29, 1.82) is 0 Å². The van der Waals surface area contributed by atoms with Crippen molar-refractivity contribution in [1.82, 2.24) is 9.80 Å². The minimum absolute atomic E-state index is 0.103. The van der Waals surface area contributed by atoms with Gasteiger partial charge in [0.2, 0.25) is 0 Å². The molecule has 0 radical (unpaired) electrons. The molecular formula is C20H15F17N2O. The zero-order valence-corrected chi connectivity index (χ0v) is 19.2. The predicted molar refractivity (Wildman–Crippen MR) is 99.0 cm³/mol. The van der Waals surface area contributed by atoms with E-state index in [1.54, 1.807) is 30.3 Å². The molecule has 0 spiro atoms. The number of alkyl halides is 17. The number of nitrogens with zero attached hydrogens (tertiary/aromatic N) is 2. The van der Waals surface area contributed by atoms with E-state index in [0.29, 0.717) is 5.56 Å². The van der Waals surface area contributed by atoms with E-state index in [4.69, 9.17) is 0 Å². The molecule has 0 bridgehead atoms. The number of amides is 1. The maximum absolute atomic E-state index is 14.2. The molecule has 1 amide bonds. The Bertz CT molecular complexity index is 1050. The van der Waals surface area contributed by atoms with E-state index in [1.807, 2.05) is 0 Å². The molecule has 40 heavy (non-hydrogen) atoms. The van der Waals surface area contributed by atoms with Gasteiger partial charge >= 0.3 is 47.6 Å². The van der Waals surface area contributed by atoms with Crippen LogP contribution in [0.2, 0.25) is 0 Å². The van der Waals surface area contributed by atoms with Crippen LogP contribution in [0.15, 0.2) is 30.3 Å². The van der Waals surface area contributed by atoms with Gasteiger partial charge in [-0.3, -0.25) is 9.69 Å².